The van der Waals surface area contributed by atoms with Crippen molar-refractivity contribution >= 4 is 23.7 Å². The van der Waals surface area contributed by atoms with E-state index in [0.29, 0.717) is 13.1 Å². The third-order valence-electron chi connectivity index (χ3n) is 4.41. The van der Waals surface area contributed by atoms with Crippen LogP contribution in [0.1, 0.15) is 74.7 Å². The number of allylic oxidation sites excluding steroid dienone is 6. The van der Waals surface area contributed by atoms with Gasteiger partial charge in [0, 0.05) is 20.1 Å². The summed E-state index contributed by atoms with van der Waals surface area (Å²) in [6.45, 7) is 13.0. The van der Waals surface area contributed by atoms with Gasteiger partial charge in [-0.25, -0.2) is 4.79 Å². The molecule has 0 aliphatic rings. The minimum Gasteiger partial charge on any atom is -0.462 e. The molecule has 0 saturated carbocycles. The lowest BCUT2D eigenvalue weighted by molar-refractivity contribution is -0.152. The van der Waals surface area contributed by atoms with E-state index in [1.54, 1.807) is 0 Å². The maximum Gasteiger partial charge on any atom is 0.396 e. The standard InChI is InChI=1S/C13H22N2O2.C13H21NO3.CH4/c1-10(2)6-5-7-11(3)8-9-15-13(17)12(16)14-4;1-10(2)6-5-7-11(3)8-9-14-12(15)13(16)17-4;/h6,8H,5,7,9H2,1-4H3,(H,14,16)(H,15,17);6,8H,5,7,9H2,1-4H3,(H,14,15);1H4/b2*11-8+;. The second-order valence-electron chi connectivity index (χ2n) is 8.23. The summed E-state index contributed by atoms with van der Waals surface area (Å²) in [6, 6.07) is 0. The molecule has 35 heavy (non-hydrogen) atoms. The highest BCUT2D eigenvalue weighted by Crippen LogP contribution is 2.06. The molecule has 0 saturated heterocycles. The van der Waals surface area contributed by atoms with Crippen LogP contribution >= 0.6 is 0 Å². The van der Waals surface area contributed by atoms with E-state index in [1.807, 2.05) is 26.0 Å². The Balaban J connectivity index is -0.000000569. The van der Waals surface area contributed by atoms with Gasteiger partial charge in [0.2, 0.25) is 0 Å². The van der Waals surface area contributed by atoms with Crippen LogP contribution in [0.5, 0.6) is 0 Å². The minimum atomic E-state index is -0.861. The number of carbonyl (C=O) groups excluding carboxylic acids is 4. The van der Waals surface area contributed by atoms with Crippen molar-refractivity contribution in [3.63, 3.8) is 0 Å². The zero-order chi connectivity index (χ0) is 26.5. The van der Waals surface area contributed by atoms with Crippen LogP contribution in [0, 0.1) is 0 Å². The molecular formula is C27H47N3O5. The Kier molecular flexibility index (Phi) is 23.5. The Bertz CT molecular complexity index is 719. The van der Waals surface area contributed by atoms with E-state index in [0.717, 1.165) is 25.7 Å². The van der Waals surface area contributed by atoms with Crippen molar-refractivity contribution in [2.45, 2.75) is 74.7 Å². The number of esters is 1. The van der Waals surface area contributed by atoms with Crippen molar-refractivity contribution in [3.05, 3.63) is 46.6 Å². The van der Waals surface area contributed by atoms with Crippen LogP contribution in [0.25, 0.3) is 0 Å². The van der Waals surface area contributed by atoms with Crippen LogP contribution in [0.4, 0.5) is 0 Å². The molecule has 8 heteroatoms. The van der Waals surface area contributed by atoms with Gasteiger partial charge in [-0.1, -0.05) is 54.0 Å². The molecule has 0 aromatic rings. The molecule has 0 rings (SSSR count). The van der Waals surface area contributed by atoms with Gasteiger partial charge in [0.1, 0.15) is 0 Å². The highest BCUT2D eigenvalue weighted by Gasteiger charge is 2.11. The van der Waals surface area contributed by atoms with E-state index in [9.17, 15) is 19.2 Å². The normalized spacial score (nSPS) is 10.4. The maximum absolute atomic E-state index is 11.1. The van der Waals surface area contributed by atoms with Crippen molar-refractivity contribution in [2.75, 3.05) is 27.2 Å². The zero-order valence-corrected chi connectivity index (χ0v) is 22.1. The molecule has 3 N–H and O–H groups in total. The molecule has 0 aliphatic carbocycles. The van der Waals surface area contributed by atoms with Gasteiger partial charge in [-0.3, -0.25) is 14.4 Å². The van der Waals surface area contributed by atoms with Crippen molar-refractivity contribution in [2.24, 2.45) is 0 Å². The number of carbonyl (C=O) groups is 4. The minimum absolute atomic E-state index is 0. The van der Waals surface area contributed by atoms with Crippen molar-refractivity contribution in [1.29, 1.82) is 0 Å². The largest absolute Gasteiger partial charge is 0.462 e. The fourth-order valence-electron chi connectivity index (χ4n) is 2.38. The molecular weight excluding hydrogens is 446 g/mol. The first-order valence-electron chi connectivity index (χ1n) is 11.4. The molecule has 0 heterocycles. The second kappa shape index (κ2) is 22.6. The summed E-state index contributed by atoms with van der Waals surface area (Å²) in [5, 5.41) is 7.25. The molecule has 0 radical (unpaired) electrons. The number of likely N-dealkylation sites (N-methyl/N-ethyl adjacent to an activating group) is 1. The molecule has 0 atom stereocenters. The highest BCUT2D eigenvalue weighted by molar-refractivity contribution is 6.35. The zero-order valence-electron chi connectivity index (χ0n) is 22.1. The predicted molar refractivity (Wildman–Crippen MR) is 144 cm³/mol. The van der Waals surface area contributed by atoms with E-state index in [1.165, 1.54) is 36.4 Å². The fourth-order valence-corrected chi connectivity index (χ4v) is 2.38. The van der Waals surface area contributed by atoms with Gasteiger partial charge in [-0.05, 0) is 67.2 Å². The van der Waals surface area contributed by atoms with Crippen LogP contribution in [-0.4, -0.2) is 50.9 Å². The van der Waals surface area contributed by atoms with Crippen molar-refractivity contribution < 1.29 is 23.9 Å². The Labute approximate surface area is 212 Å². The van der Waals surface area contributed by atoms with Crippen molar-refractivity contribution in [3.8, 4) is 0 Å². The average Bonchev–Trinajstić information content (AvgIpc) is 2.77. The lowest BCUT2D eigenvalue weighted by Gasteiger charge is -2.02. The Morgan fingerprint density at radius 3 is 1.40 bits per heavy atom. The number of nitrogens with one attached hydrogen (secondary N) is 3. The first kappa shape index (κ1) is 36.4. The van der Waals surface area contributed by atoms with Crippen LogP contribution in [-0.2, 0) is 23.9 Å². The first-order valence-corrected chi connectivity index (χ1v) is 11.4. The van der Waals surface area contributed by atoms with E-state index < -0.39 is 23.7 Å². The molecule has 0 unspecified atom stereocenters. The summed E-state index contributed by atoms with van der Waals surface area (Å²) in [7, 11) is 2.62. The quantitative estimate of drug-likeness (QED) is 0.240. The SMILES string of the molecule is C.CNC(=O)C(=O)NC/C=C(\C)CCC=C(C)C.COC(=O)C(=O)NC/C=C(\C)CCC=C(C)C. The fraction of sp³-hybridized carbons (Fsp3) is 0.556. The topological polar surface area (TPSA) is 114 Å². The number of ether oxygens (including phenoxy) is 1. The lowest BCUT2D eigenvalue weighted by Crippen LogP contribution is -2.38. The Morgan fingerprint density at radius 1 is 0.657 bits per heavy atom. The van der Waals surface area contributed by atoms with Gasteiger partial charge in [0.05, 0.1) is 7.11 Å². The van der Waals surface area contributed by atoms with E-state index in [2.05, 4.69) is 60.5 Å². The van der Waals surface area contributed by atoms with Gasteiger partial charge in [0.25, 0.3) is 0 Å². The molecule has 0 spiro atoms. The van der Waals surface area contributed by atoms with Gasteiger partial charge in [0.15, 0.2) is 0 Å². The average molecular weight is 494 g/mol. The molecule has 0 bridgehead atoms. The number of hydrogen-bond acceptors (Lipinski definition) is 5. The monoisotopic (exact) mass is 493 g/mol. The summed E-state index contributed by atoms with van der Waals surface area (Å²) in [5.41, 5.74) is 5.01. The molecule has 8 nitrogen and oxygen atoms in total. The van der Waals surface area contributed by atoms with Gasteiger partial charge in [-0.15, -0.1) is 0 Å². The van der Waals surface area contributed by atoms with E-state index >= 15 is 0 Å². The second-order valence-corrected chi connectivity index (χ2v) is 8.23. The summed E-state index contributed by atoms with van der Waals surface area (Å²) >= 11 is 0. The summed E-state index contributed by atoms with van der Waals surface area (Å²) in [5.74, 6) is -2.78. The van der Waals surface area contributed by atoms with Crippen LogP contribution < -0.4 is 16.0 Å². The van der Waals surface area contributed by atoms with Crippen LogP contribution in [0.2, 0.25) is 0 Å². The summed E-state index contributed by atoms with van der Waals surface area (Å²) < 4.78 is 4.28. The third kappa shape index (κ3) is 23.8. The third-order valence-corrected chi connectivity index (χ3v) is 4.41. The number of methoxy groups -OCH3 is 1. The first-order chi connectivity index (χ1) is 15.9. The smallest absolute Gasteiger partial charge is 0.396 e. The van der Waals surface area contributed by atoms with Gasteiger partial charge < -0.3 is 20.7 Å². The predicted octanol–water partition coefficient (Wildman–Crippen LogP) is 4.15. The van der Waals surface area contributed by atoms with E-state index in [-0.39, 0.29) is 7.43 Å². The lowest BCUT2D eigenvalue weighted by atomic mass is 10.1. The summed E-state index contributed by atoms with van der Waals surface area (Å²) in [6.07, 6.45) is 12.1. The molecule has 200 valence electrons. The number of amides is 3. The van der Waals surface area contributed by atoms with Crippen molar-refractivity contribution in [1.82, 2.24) is 16.0 Å². The van der Waals surface area contributed by atoms with Gasteiger partial charge >= 0.3 is 23.7 Å². The van der Waals surface area contributed by atoms with Crippen LogP contribution in [0.3, 0.4) is 0 Å². The number of rotatable bonds is 10. The van der Waals surface area contributed by atoms with Gasteiger partial charge in [-0.2, -0.15) is 0 Å². The highest BCUT2D eigenvalue weighted by atomic mass is 16.5. The van der Waals surface area contributed by atoms with E-state index in [4.69, 9.17) is 0 Å². The molecule has 3 amide bonds. The van der Waals surface area contributed by atoms with Crippen LogP contribution in [0.15, 0.2) is 46.6 Å². The molecule has 0 fully saturated rings. The molecule has 0 aromatic carbocycles. The number of hydrogen-bond donors (Lipinski definition) is 3. The molecule has 0 aliphatic heterocycles. The Morgan fingerprint density at radius 2 is 1.06 bits per heavy atom. The summed E-state index contributed by atoms with van der Waals surface area (Å²) in [4.78, 5) is 43.8. The Hall–Kier alpha value is -3.16. The molecule has 0 aromatic heterocycles. The maximum atomic E-state index is 11.1.